The van der Waals surface area contributed by atoms with Crippen molar-refractivity contribution >= 4 is 42.6 Å². The molecule has 0 aliphatic carbocycles. The van der Waals surface area contributed by atoms with Gasteiger partial charge in [-0.2, -0.15) is 4.31 Å². The second kappa shape index (κ2) is 8.66. The van der Waals surface area contributed by atoms with Crippen LogP contribution in [0, 0.1) is 0 Å². The molecule has 0 radical (unpaired) electrons. The van der Waals surface area contributed by atoms with Crippen molar-refractivity contribution in [3.63, 3.8) is 0 Å². The molecular formula is C20H22N4O4S2. The molecule has 1 N–H and O–H groups in total. The number of benzene rings is 1. The Labute approximate surface area is 179 Å². The average molecular weight is 447 g/mol. The van der Waals surface area contributed by atoms with Crippen LogP contribution in [0.25, 0.3) is 10.2 Å². The number of hydrogen-bond donors (Lipinski definition) is 1. The highest BCUT2D eigenvalue weighted by molar-refractivity contribution is 7.89. The van der Waals surface area contributed by atoms with E-state index >= 15 is 0 Å². The van der Waals surface area contributed by atoms with Crippen molar-refractivity contribution < 1.29 is 17.9 Å². The maximum Gasteiger partial charge on any atom is 0.262 e. The molecule has 0 bridgehead atoms. The largest absolute Gasteiger partial charge is 0.477 e. The van der Waals surface area contributed by atoms with Crippen LogP contribution in [0.1, 0.15) is 36.5 Å². The molecule has 158 valence electrons. The summed E-state index contributed by atoms with van der Waals surface area (Å²) in [5.41, 5.74) is 0.941. The number of fused-ring (bicyclic) bond motifs is 1. The number of aromatic nitrogens is 2. The van der Waals surface area contributed by atoms with Crippen molar-refractivity contribution in [3.05, 3.63) is 42.1 Å². The fourth-order valence-corrected chi connectivity index (χ4v) is 5.87. The molecule has 1 amide bonds. The first-order valence-corrected chi connectivity index (χ1v) is 12.0. The van der Waals surface area contributed by atoms with Crippen LogP contribution in [0.5, 0.6) is 5.88 Å². The number of sulfonamides is 1. The first kappa shape index (κ1) is 20.7. The molecule has 3 aromatic rings. The number of piperidine rings is 1. The highest BCUT2D eigenvalue weighted by Crippen LogP contribution is 2.30. The van der Waals surface area contributed by atoms with Gasteiger partial charge in [0.05, 0.1) is 21.7 Å². The SMILES string of the molecule is CCOc1ncccc1C(=O)Nc1nc2ccc(S(=O)(=O)N3CCCCC3)cc2s1. The summed E-state index contributed by atoms with van der Waals surface area (Å²) < 4.78 is 33.5. The molecule has 1 fully saturated rings. The number of carbonyl (C=O) groups excluding carboxylic acids is 1. The Kier molecular flexibility index (Phi) is 5.98. The van der Waals surface area contributed by atoms with Crippen LogP contribution in [0.3, 0.4) is 0 Å². The lowest BCUT2D eigenvalue weighted by Crippen LogP contribution is -2.35. The van der Waals surface area contributed by atoms with Gasteiger partial charge in [0.1, 0.15) is 5.56 Å². The number of hydrogen-bond acceptors (Lipinski definition) is 7. The predicted octanol–water partition coefficient (Wildman–Crippen LogP) is 3.52. The van der Waals surface area contributed by atoms with Gasteiger partial charge in [-0.1, -0.05) is 17.8 Å². The van der Waals surface area contributed by atoms with Gasteiger partial charge < -0.3 is 4.74 Å². The molecule has 4 rings (SSSR count). The smallest absolute Gasteiger partial charge is 0.262 e. The second-order valence-corrected chi connectivity index (χ2v) is 9.83. The van der Waals surface area contributed by atoms with Gasteiger partial charge >= 0.3 is 0 Å². The molecule has 0 unspecified atom stereocenters. The Morgan fingerprint density at radius 2 is 2.03 bits per heavy atom. The van der Waals surface area contributed by atoms with E-state index in [1.165, 1.54) is 11.3 Å². The first-order valence-electron chi connectivity index (χ1n) is 9.79. The third-order valence-electron chi connectivity index (χ3n) is 4.83. The lowest BCUT2D eigenvalue weighted by molar-refractivity contribution is 0.102. The number of nitrogens with zero attached hydrogens (tertiary/aromatic N) is 3. The van der Waals surface area contributed by atoms with Crippen molar-refractivity contribution in [2.24, 2.45) is 0 Å². The van der Waals surface area contributed by atoms with Gasteiger partial charge in [-0.15, -0.1) is 0 Å². The number of ether oxygens (including phenoxy) is 1. The molecule has 1 aliphatic heterocycles. The van der Waals surface area contributed by atoms with E-state index in [1.807, 2.05) is 6.92 Å². The highest BCUT2D eigenvalue weighted by Gasteiger charge is 2.26. The lowest BCUT2D eigenvalue weighted by atomic mass is 10.2. The van der Waals surface area contributed by atoms with Crippen LogP contribution < -0.4 is 10.1 Å². The van der Waals surface area contributed by atoms with E-state index in [2.05, 4.69) is 15.3 Å². The van der Waals surface area contributed by atoms with Crippen LogP contribution in [-0.2, 0) is 10.0 Å². The molecule has 30 heavy (non-hydrogen) atoms. The fourth-order valence-electron chi connectivity index (χ4n) is 3.35. The minimum Gasteiger partial charge on any atom is -0.477 e. The Hall–Kier alpha value is -2.56. The van der Waals surface area contributed by atoms with E-state index < -0.39 is 10.0 Å². The van der Waals surface area contributed by atoms with E-state index in [9.17, 15) is 13.2 Å². The summed E-state index contributed by atoms with van der Waals surface area (Å²) >= 11 is 1.23. The molecule has 1 aromatic carbocycles. The van der Waals surface area contributed by atoms with Crippen molar-refractivity contribution in [2.75, 3.05) is 25.0 Å². The lowest BCUT2D eigenvalue weighted by Gasteiger charge is -2.25. The third-order valence-corrected chi connectivity index (χ3v) is 7.66. The normalized spacial score (nSPS) is 15.2. The van der Waals surface area contributed by atoms with Gasteiger partial charge in [-0.05, 0) is 50.1 Å². The first-order chi connectivity index (χ1) is 14.5. The van der Waals surface area contributed by atoms with E-state index in [0.717, 1.165) is 19.3 Å². The number of anilines is 1. The van der Waals surface area contributed by atoms with Crippen molar-refractivity contribution in [2.45, 2.75) is 31.1 Å². The van der Waals surface area contributed by atoms with E-state index in [1.54, 1.807) is 40.8 Å². The zero-order valence-corrected chi connectivity index (χ0v) is 18.1. The van der Waals surface area contributed by atoms with Gasteiger partial charge in [-0.3, -0.25) is 10.1 Å². The zero-order valence-electron chi connectivity index (χ0n) is 16.5. The van der Waals surface area contributed by atoms with Crippen molar-refractivity contribution in [3.8, 4) is 5.88 Å². The van der Waals surface area contributed by atoms with Crippen LogP contribution in [0.2, 0.25) is 0 Å². The molecule has 0 atom stereocenters. The molecule has 8 nitrogen and oxygen atoms in total. The quantitative estimate of drug-likeness (QED) is 0.622. The van der Waals surface area contributed by atoms with Gasteiger partial charge in [-0.25, -0.2) is 18.4 Å². The standard InChI is InChI=1S/C20H22N4O4S2/c1-2-28-19-15(7-6-10-21-19)18(25)23-20-22-16-9-8-14(13-17(16)29-20)30(26,27)24-11-4-3-5-12-24/h6-10,13H,2-5,11-12H2,1H3,(H,22,23,25). The molecule has 2 aromatic heterocycles. The zero-order chi connectivity index (χ0) is 21.1. The topological polar surface area (TPSA) is 101 Å². The van der Waals surface area contributed by atoms with Gasteiger partial charge in [0.15, 0.2) is 5.13 Å². The molecule has 1 saturated heterocycles. The van der Waals surface area contributed by atoms with E-state index in [0.29, 0.717) is 40.6 Å². The summed E-state index contributed by atoms with van der Waals surface area (Å²) in [5, 5.41) is 3.14. The van der Waals surface area contributed by atoms with Crippen LogP contribution >= 0.6 is 11.3 Å². The molecule has 0 saturated carbocycles. The van der Waals surface area contributed by atoms with Crippen LogP contribution in [0.15, 0.2) is 41.4 Å². The Balaban J connectivity index is 1.58. The van der Waals surface area contributed by atoms with Gasteiger partial charge in [0.25, 0.3) is 5.91 Å². The predicted molar refractivity (Wildman–Crippen MR) is 116 cm³/mol. The number of amides is 1. The summed E-state index contributed by atoms with van der Waals surface area (Å²) in [5.74, 6) is -0.125. The molecule has 3 heterocycles. The summed E-state index contributed by atoms with van der Waals surface area (Å²) in [7, 11) is -3.52. The number of rotatable bonds is 6. The number of thiazole rings is 1. The molecule has 1 aliphatic rings. The number of pyridine rings is 1. The number of nitrogens with one attached hydrogen (secondary N) is 1. The Bertz CT molecular complexity index is 1170. The maximum atomic E-state index is 12.9. The fraction of sp³-hybridized carbons (Fsp3) is 0.350. The summed E-state index contributed by atoms with van der Waals surface area (Å²) in [6.07, 6.45) is 4.39. The Morgan fingerprint density at radius 1 is 1.23 bits per heavy atom. The summed E-state index contributed by atoms with van der Waals surface area (Å²) in [4.78, 5) is 21.4. The molecule has 0 spiro atoms. The van der Waals surface area contributed by atoms with E-state index in [4.69, 9.17) is 4.74 Å². The second-order valence-electron chi connectivity index (χ2n) is 6.86. The average Bonchev–Trinajstić information content (AvgIpc) is 3.16. The third kappa shape index (κ3) is 4.16. The minimum absolute atomic E-state index is 0.254. The molecular weight excluding hydrogens is 424 g/mol. The summed E-state index contributed by atoms with van der Waals surface area (Å²) in [6, 6.07) is 8.17. The van der Waals surface area contributed by atoms with Crippen LogP contribution in [0.4, 0.5) is 5.13 Å². The van der Waals surface area contributed by atoms with Crippen molar-refractivity contribution in [1.82, 2.24) is 14.3 Å². The van der Waals surface area contributed by atoms with Crippen LogP contribution in [-0.4, -0.2) is 48.3 Å². The highest BCUT2D eigenvalue weighted by atomic mass is 32.2. The minimum atomic E-state index is -3.52. The van der Waals surface area contributed by atoms with Gasteiger partial charge in [0.2, 0.25) is 15.9 Å². The summed E-state index contributed by atoms with van der Waals surface area (Å²) in [6.45, 7) is 3.32. The number of carbonyl (C=O) groups is 1. The van der Waals surface area contributed by atoms with E-state index in [-0.39, 0.29) is 16.7 Å². The monoisotopic (exact) mass is 446 g/mol. The molecule has 10 heteroatoms. The van der Waals surface area contributed by atoms with Gasteiger partial charge in [0, 0.05) is 19.3 Å². The Morgan fingerprint density at radius 3 is 2.80 bits per heavy atom. The van der Waals surface area contributed by atoms with Crippen molar-refractivity contribution in [1.29, 1.82) is 0 Å². The maximum absolute atomic E-state index is 12.9.